The Morgan fingerprint density at radius 2 is 2.47 bits per heavy atom. The maximum Gasteiger partial charge on any atom is 0.323 e. The van der Waals surface area contributed by atoms with Gasteiger partial charge in [0.2, 0.25) is 0 Å². The van der Waals surface area contributed by atoms with Gasteiger partial charge in [0.25, 0.3) is 0 Å². The van der Waals surface area contributed by atoms with E-state index in [1.165, 1.54) is 0 Å². The summed E-state index contributed by atoms with van der Waals surface area (Å²) in [6, 6.07) is 3.67. The molecule has 1 unspecified atom stereocenters. The van der Waals surface area contributed by atoms with Crippen molar-refractivity contribution < 1.29 is 9.53 Å². The number of nitrogens with two attached hydrogens (primary N) is 1. The molecule has 104 valence electrons. The van der Waals surface area contributed by atoms with E-state index in [2.05, 4.69) is 15.3 Å². The zero-order chi connectivity index (χ0) is 13.7. The lowest BCUT2D eigenvalue weighted by molar-refractivity contribution is -0.148. The van der Waals surface area contributed by atoms with Gasteiger partial charge in [0, 0.05) is 12.7 Å². The third-order valence-corrected chi connectivity index (χ3v) is 3.28. The van der Waals surface area contributed by atoms with Crippen LogP contribution in [-0.4, -0.2) is 35.0 Å². The highest BCUT2D eigenvalue weighted by molar-refractivity contribution is 5.76. The lowest BCUT2D eigenvalue weighted by Gasteiger charge is -2.22. The van der Waals surface area contributed by atoms with Crippen molar-refractivity contribution in [3.8, 4) is 0 Å². The number of carbonyl (C=O) groups excluding carboxylic acids is 1. The fourth-order valence-corrected chi connectivity index (χ4v) is 2.36. The average molecular weight is 264 g/mol. The Morgan fingerprint density at radius 3 is 3.11 bits per heavy atom. The van der Waals surface area contributed by atoms with Gasteiger partial charge in [0.1, 0.15) is 11.9 Å². The van der Waals surface area contributed by atoms with E-state index in [4.69, 9.17) is 10.6 Å². The maximum absolute atomic E-state index is 11.8. The molecule has 1 fully saturated rings. The fraction of sp³-hybridized carbons (Fsp3) is 0.538. The standard InChI is InChI=1S/C13H20N4O2/c1-2-19-13(18)11-4-3-7-17(11)9-10-5-6-12(16-14)15-8-10/h5-6,8,11H,2-4,7,9,14H2,1H3,(H,15,16). The third-order valence-electron chi connectivity index (χ3n) is 3.28. The Kier molecular flexibility index (Phi) is 4.70. The SMILES string of the molecule is CCOC(=O)C1CCCN1Cc1ccc(NN)nc1. The highest BCUT2D eigenvalue weighted by Gasteiger charge is 2.31. The van der Waals surface area contributed by atoms with Crippen molar-refractivity contribution in [1.82, 2.24) is 9.88 Å². The molecule has 0 bridgehead atoms. The highest BCUT2D eigenvalue weighted by Crippen LogP contribution is 2.21. The lowest BCUT2D eigenvalue weighted by atomic mass is 10.2. The van der Waals surface area contributed by atoms with E-state index >= 15 is 0 Å². The van der Waals surface area contributed by atoms with Gasteiger partial charge in [-0.25, -0.2) is 10.8 Å². The largest absolute Gasteiger partial charge is 0.465 e. The molecule has 0 amide bonds. The van der Waals surface area contributed by atoms with Gasteiger partial charge in [0.15, 0.2) is 0 Å². The minimum absolute atomic E-state index is 0.117. The van der Waals surface area contributed by atoms with Crippen molar-refractivity contribution in [1.29, 1.82) is 0 Å². The Balaban J connectivity index is 1.98. The first-order chi connectivity index (χ1) is 9.24. The molecule has 1 aliphatic rings. The van der Waals surface area contributed by atoms with Gasteiger partial charge >= 0.3 is 5.97 Å². The summed E-state index contributed by atoms with van der Waals surface area (Å²) in [4.78, 5) is 18.2. The summed E-state index contributed by atoms with van der Waals surface area (Å²) in [5, 5.41) is 0. The predicted molar refractivity (Wildman–Crippen MR) is 72.1 cm³/mol. The minimum Gasteiger partial charge on any atom is -0.465 e. The molecule has 6 heteroatoms. The number of hydrogen-bond acceptors (Lipinski definition) is 6. The van der Waals surface area contributed by atoms with Crippen molar-refractivity contribution >= 4 is 11.8 Å². The second-order valence-corrected chi connectivity index (χ2v) is 4.58. The van der Waals surface area contributed by atoms with Crippen molar-refractivity contribution in [2.45, 2.75) is 32.4 Å². The van der Waals surface area contributed by atoms with Gasteiger partial charge in [-0.2, -0.15) is 0 Å². The molecule has 2 heterocycles. The Hall–Kier alpha value is -1.66. The van der Waals surface area contributed by atoms with Gasteiger partial charge in [-0.1, -0.05) is 6.07 Å². The first kappa shape index (κ1) is 13.8. The molecule has 3 N–H and O–H groups in total. The Labute approximate surface area is 112 Å². The molecule has 1 atom stereocenters. The molecule has 19 heavy (non-hydrogen) atoms. The van der Waals surface area contributed by atoms with Gasteiger partial charge in [0.05, 0.1) is 6.61 Å². The number of ether oxygens (including phenoxy) is 1. The van der Waals surface area contributed by atoms with Crippen molar-refractivity contribution in [2.75, 3.05) is 18.6 Å². The van der Waals surface area contributed by atoms with E-state index in [0.717, 1.165) is 24.9 Å². The van der Waals surface area contributed by atoms with Crippen LogP contribution < -0.4 is 11.3 Å². The molecule has 1 saturated heterocycles. The van der Waals surface area contributed by atoms with Crippen LogP contribution in [0.15, 0.2) is 18.3 Å². The highest BCUT2D eigenvalue weighted by atomic mass is 16.5. The predicted octanol–water partition coefficient (Wildman–Crippen LogP) is 0.895. The first-order valence-electron chi connectivity index (χ1n) is 6.57. The van der Waals surface area contributed by atoms with Crippen LogP contribution >= 0.6 is 0 Å². The molecule has 1 aromatic rings. The number of esters is 1. The zero-order valence-corrected chi connectivity index (χ0v) is 11.1. The normalized spacial score (nSPS) is 19.4. The summed E-state index contributed by atoms with van der Waals surface area (Å²) in [6.45, 7) is 3.89. The Bertz CT molecular complexity index is 421. The summed E-state index contributed by atoms with van der Waals surface area (Å²) in [7, 11) is 0. The number of pyridine rings is 1. The van der Waals surface area contributed by atoms with E-state index in [9.17, 15) is 4.79 Å². The van der Waals surface area contributed by atoms with E-state index in [-0.39, 0.29) is 12.0 Å². The lowest BCUT2D eigenvalue weighted by Crippen LogP contribution is -2.36. The number of carbonyl (C=O) groups is 1. The van der Waals surface area contributed by atoms with E-state index in [1.54, 1.807) is 6.20 Å². The van der Waals surface area contributed by atoms with E-state index in [0.29, 0.717) is 19.0 Å². The quantitative estimate of drug-likeness (QED) is 0.467. The first-order valence-corrected chi connectivity index (χ1v) is 6.57. The minimum atomic E-state index is -0.118. The molecule has 0 saturated carbocycles. The van der Waals surface area contributed by atoms with Crippen molar-refractivity contribution in [3.63, 3.8) is 0 Å². The molecule has 0 aliphatic carbocycles. The van der Waals surface area contributed by atoms with Crippen molar-refractivity contribution in [3.05, 3.63) is 23.9 Å². The summed E-state index contributed by atoms with van der Waals surface area (Å²) >= 11 is 0. The third kappa shape index (κ3) is 3.42. The number of aromatic nitrogens is 1. The van der Waals surface area contributed by atoms with Crippen LogP contribution in [0.3, 0.4) is 0 Å². The van der Waals surface area contributed by atoms with E-state index in [1.807, 2.05) is 19.1 Å². The van der Waals surface area contributed by atoms with Gasteiger partial charge < -0.3 is 10.2 Å². The molecule has 0 spiro atoms. The summed E-state index contributed by atoms with van der Waals surface area (Å²) < 4.78 is 5.11. The van der Waals surface area contributed by atoms with Gasteiger partial charge in [-0.05, 0) is 37.9 Å². The monoisotopic (exact) mass is 264 g/mol. The molecule has 1 aromatic heterocycles. The van der Waals surface area contributed by atoms with Crippen LogP contribution in [0.2, 0.25) is 0 Å². The van der Waals surface area contributed by atoms with Crippen molar-refractivity contribution in [2.24, 2.45) is 5.84 Å². The smallest absolute Gasteiger partial charge is 0.323 e. The second kappa shape index (κ2) is 6.49. The fourth-order valence-electron chi connectivity index (χ4n) is 2.36. The molecule has 0 radical (unpaired) electrons. The molecular weight excluding hydrogens is 244 g/mol. The number of nitrogen functional groups attached to an aromatic ring is 1. The van der Waals surface area contributed by atoms with Crippen LogP contribution in [0.1, 0.15) is 25.3 Å². The van der Waals surface area contributed by atoms with Crippen LogP contribution in [0.25, 0.3) is 0 Å². The van der Waals surface area contributed by atoms with Crippen LogP contribution in [0.4, 0.5) is 5.82 Å². The van der Waals surface area contributed by atoms with Gasteiger partial charge in [-0.15, -0.1) is 0 Å². The number of nitrogens with one attached hydrogen (secondary N) is 1. The van der Waals surface area contributed by atoms with Crippen LogP contribution in [0, 0.1) is 0 Å². The van der Waals surface area contributed by atoms with Gasteiger partial charge in [-0.3, -0.25) is 9.69 Å². The summed E-state index contributed by atoms with van der Waals surface area (Å²) in [6.07, 6.45) is 3.67. The maximum atomic E-state index is 11.8. The average Bonchev–Trinajstić information content (AvgIpc) is 2.88. The number of rotatable bonds is 5. The molecule has 0 aromatic carbocycles. The summed E-state index contributed by atoms with van der Waals surface area (Å²) in [5.41, 5.74) is 3.56. The summed E-state index contributed by atoms with van der Waals surface area (Å²) in [5.74, 6) is 5.79. The van der Waals surface area contributed by atoms with Crippen LogP contribution in [0.5, 0.6) is 0 Å². The number of anilines is 1. The topological polar surface area (TPSA) is 80.5 Å². The Morgan fingerprint density at radius 1 is 1.63 bits per heavy atom. The number of hydrazine groups is 1. The number of hydrogen-bond donors (Lipinski definition) is 2. The number of likely N-dealkylation sites (tertiary alicyclic amines) is 1. The van der Waals surface area contributed by atoms with E-state index < -0.39 is 0 Å². The molecular formula is C13H20N4O2. The molecule has 2 rings (SSSR count). The second-order valence-electron chi connectivity index (χ2n) is 4.58. The molecule has 1 aliphatic heterocycles. The van der Waals surface area contributed by atoms with Crippen LogP contribution in [-0.2, 0) is 16.1 Å². The number of nitrogens with zero attached hydrogens (tertiary/aromatic N) is 2. The molecule has 6 nitrogen and oxygen atoms in total. The zero-order valence-electron chi connectivity index (χ0n) is 11.1.